The largest absolute Gasteiger partial charge is 0.507 e. The van der Waals surface area contributed by atoms with E-state index in [1.807, 2.05) is 30.4 Å². The maximum Gasteiger partial charge on any atom is 0.231 e. The molecule has 2 aromatic carbocycles. The summed E-state index contributed by atoms with van der Waals surface area (Å²) in [4.78, 5) is 0. The molecule has 0 bridgehead atoms. The highest BCUT2D eigenvalue weighted by atomic mass is 16.7. The standard InChI is InChI=1S/C16H14O4/c1-18-14-9-16-15(19-10-20-16)8-12(14)7-6-11-4-2-3-5-13(11)17/h2-9,17H,10H2,1H3. The van der Waals surface area contributed by atoms with Crippen LogP contribution in [0, 0.1) is 0 Å². The van der Waals surface area contributed by atoms with Crippen molar-refractivity contribution in [2.24, 2.45) is 0 Å². The highest BCUT2D eigenvalue weighted by Crippen LogP contribution is 2.38. The van der Waals surface area contributed by atoms with Crippen molar-refractivity contribution in [1.29, 1.82) is 0 Å². The normalized spacial score (nSPS) is 12.8. The van der Waals surface area contributed by atoms with Crippen LogP contribution in [0.3, 0.4) is 0 Å². The number of methoxy groups -OCH3 is 1. The summed E-state index contributed by atoms with van der Waals surface area (Å²) < 4.78 is 16.0. The molecule has 0 amide bonds. The first-order chi connectivity index (χ1) is 9.78. The Morgan fingerprint density at radius 3 is 2.50 bits per heavy atom. The van der Waals surface area contributed by atoms with E-state index in [0.717, 1.165) is 11.1 Å². The van der Waals surface area contributed by atoms with Crippen molar-refractivity contribution in [3.63, 3.8) is 0 Å². The molecule has 0 aliphatic carbocycles. The number of phenolic OH excluding ortho intramolecular Hbond substituents is 1. The van der Waals surface area contributed by atoms with Crippen molar-refractivity contribution in [3.05, 3.63) is 47.5 Å². The van der Waals surface area contributed by atoms with Crippen molar-refractivity contribution in [3.8, 4) is 23.0 Å². The summed E-state index contributed by atoms with van der Waals surface area (Å²) in [7, 11) is 1.61. The minimum atomic E-state index is 0.227. The van der Waals surface area contributed by atoms with Gasteiger partial charge >= 0.3 is 0 Å². The summed E-state index contributed by atoms with van der Waals surface area (Å²) in [6, 6.07) is 10.8. The maximum absolute atomic E-state index is 9.74. The highest BCUT2D eigenvalue weighted by molar-refractivity contribution is 5.76. The molecule has 4 heteroatoms. The number of ether oxygens (including phenoxy) is 3. The van der Waals surface area contributed by atoms with Crippen molar-refractivity contribution in [2.45, 2.75) is 0 Å². The van der Waals surface area contributed by atoms with E-state index in [0.29, 0.717) is 17.2 Å². The van der Waals surface area contributed by atoms with Gasteiger partial charge in [0.2, 0.25) is 6.79 Å². The molecule has 0 atom stereocenters. The topological polar surface area (TPSA) is 47.9 Å². The lowest BCUT2D eigenvalue weighted by atomic mass is 10.1. The Kier molecular flexibility index (Phi) is 3.21. The number of para-hydroxylation sites is 1. The van der Waals surface area contributed by atoms with Crippen LogP contribution in [0.1, 0.15) is 11.1 Å². The minimum Gasteiger partial charge on any atom is -0.507 e. The first-order valence-electron chi connectivity index (χ1n) is 6.21. The van der Waals surface area contributed by atoms with Gasteiger partial charge in [-0.25, -0.2) is 0 Å². The third kappa shape index (κ3) is 2.28. The van der Waals surface area contributed by atoms with Crippen LogP contribution in [0.4, 0.5) is 0 Å². The van der Waals surface area contributed by atoms with Gasteiger partial charge in [-0.05, 0) is 12.1 Å². The van der Waals surface area contributed by atoms with Gasteiger partial charge in [-0.3, -0.25) is 0 Å². The number of aromatic hydroxyl groups is 1. The van der Waals surface area contributed by atoms with Crippen LogP contribution in [0.25, 0.3) is 12.2 Å². The van der Waals surface area contributed by atoms with Crippen LogP contribution in [-0.2, 0) is 0 Å². The second kappa shape index (κ2) is 5.17. The van der Waals surface area contributed by atoms with Gasteiger partial charge in [-0.2, -0.15) is 0 Å². The Hall–Kier alpha value is -2.62. The van der Waals surface area contributed by atoms with Crippen molar-refractivity contribution in [1.82, 2.24) is 0 Å². The monoisotopic (exact) mass is 270 g/mol. The van der Waals surface area contributed by atoms with Gasteiger partial charge in [-0.15, -0.1) is 0 Å². The van der Waals surface area contributed by atoms with Gasteiger partial charge in [0, 0.05) is 17.2 Å². The quantitative estimate of drug-likeness (QED) is 0.869. The van der Waals surface area contributed by atoms with Crippen LogP contribution in [0.5, 0.6) is 23.0 Å². The molecular formula is C16H14O4. The summed E-state index contributed by atoms with van der Waals surface area (Å²) in [5, 5.41) is 9.74. The number of hydrogen-bond donors (Lipinski definition) is 1. The molecule has 0 saturated heterocycles. The van der Waals surface area contributed by atoms with Gasteiger partial charge in [0.05, 0.1) is 7.11 Å². The Bertz CT molecular complexity index is 662. The smallest absolute Gasteiger partial charge is 0.231 e. The fourth-order valence-electron chi connectivity index (χ4n) is 2.05. The Morgan fingerprint density at radius 2 is 1.75 bits per heavy atom. The van der Waals surface area contributed by atoms with Gasteiger partial charge in [0.15, 0.2) is 11.5 Å². The van der Waals surface area contributed by atoms with E-state index in [2.05, 4.69) is 0 Å². The van der Waals surface area contributed by atoms with Crippen molar-refractivity contribution < 1.29 is 19.3 Å². The number of fused-ring (bicyclic) bond motifs is 1. The number of rotatable bonds is 3. The molecule has 20 heavy (non-hydrogen) atoms. The Morgan fingerprint density at radius 1 is 1.05 bits per heavy atom. The predicted molar refractivity (Wildman–Crippen MR) is 76.2 cm³/mol. The molecular weight excluding hydrogens is 256 g/mol. The van der Waals surface area contributed by atoms with Gasteiger partial charge < -0.3 is 19.3 Å². The molecule has 1 aliphatic rings. The summed E-state index contributed by atoms with van der Waals surface area (Å²) in [5.41, 5.74) is 1.60. The van der Waals surface area contributed by atoms with Crippen LogP contribution in [0.15, 0.2) is 36.4 Å². The van der Waals surface area contributed by atoms with Gasteiger partial charge in [0.25, 0.3) is 0 Å². The van der Waals surface area contributed by atoms with Gasteiger partial charge in [-0.1, -0.05) is 30.4 Å². The third-order valence-electron chi connectivity index (χ3n) is 3.10. The number of hydrogen-bond acceptors (Lipinski definition) is 4. The highest BCUT2D eigenvalue weighted by Gasteiger charge is 2.16. The zero-order valence-corrected chi connectivity index (χ0v) is 11.0. The van der Waals surface area contributed by atoms with E-state index in [1.165, 1.54) is 0 Å². The molecule has 0 fully saturated rings. The Balaban J connectivity index is 1.96. The van der Waals surface area contributed by atoms with E-state index < -0.39 is 0 Å². The summed E-state index contributed by atoms with van der Waals surface area (Å²) in [5.74, 6) is 2.31. The molecule has 1 aliphatic heterocycles. The summed E-state index contributed by atoms with van der Waals surface area (Å²) >= 11 is 0. The van der Waals surface area contributed by atoms with Crippen LogP contribution in [0.2, 0.25) is 0 Å². The summed E-state index contributed by atoms with van der Waals surface area (Å²) in [6.45, 7) is 0.227. The van der Waals surface area contributed by atoms with Gasteiger partial charge in [0.1, 0.15) is 11.5 Å². The van der Waals surface area contributed by atoms with Crippen molar-refractivity contribution >= 4 is 12.2 Å². The molecule has 3 rings (SSSR count). The number of phenols is 1. The lowest BCUT2D eigenvalue weighted by Crippen LogP contribution is -1.92. The molecule has 0 unspecified atom stereocenters. The fraction of sp³-hybridized carbons (Fsp3) is 0.125. The molecule has 4 nitrogen and oxygen atoms in total. The van der Waals surface area contributed by atoms with E-state index >= 15 is 0 Å². The molecule has 0 aromatic heterocycles. The van der Waals surface area contributed by atoms with Crippen LogP contribution >= 0.6 is 0 Å². The minimum absolute atomic E-state index is 0.227. The lowest BCUT2D eigenvalue weighted by molar-refractivity contribution is 0.174. The van der Waals surface area contributed by atoms with E-state index in [4.69, 9.17) is 14.2 Å². The first kappa shape index (κ1) is 12.4. The average Bonchev–Trinajstić information content (AvgIpc) is 2.92. The Labute approximate surface area is 116 Å². The van der Waals surface area contributed by atoms with E-state index in [1.54, 1.807) is 25.3 Å². The zero-order valence-electron chi connectivity index (χ0n) is 11.0. The number of benzene rings is 2. The van der Waals surface area contributed by atoms with Crippen LogP contribution < -0.4 is 14.2 Å². The average molecular weight is 270 g/mol. The SMILES string of the molecule is COc1cc2c(cc1C=Cc1ccccc1O)OCO2. The predicted octanol–water partition coefficient (Wildman–Crippen LogP) is 3.30. The molecule has 1 N–H and O–H groups in total. The first-order valence-corrected chi connectivity index (χ1v) is 6.21. The molecule has 1 heterocycles. The van der Waals surface area contributed by atoms with E-state index in [-0.39, 0.29) is 12.5 Å². The molecule has 0 spiro atoms. The second-order valence-electron chi connectivity index (χ2n) is 4.34. The second-order valence-corrected chi connectivity index (χ2v) is 4.34. The maximum atomic E-state index is 9.74. The molecule has 2 aromatic rings. The third-order valence-corrected chi connectivity index (χ3v) is 3.10. The molecule has 102 valence electrons. The van der Waals surface area contributed by atoms with Crippen LogP contribution in [-0.4, -0.2) is 19.0 Å². The molecule has 0 saturated carbocycles. The van der Waals surface area contributed by atoms with E-state index in [9.17, 15) is 5.11 Å². The molecule has 0 radical (unpaired) electrons. The van der Waals surface area contributed by atoms with Crippen molar-refractivity contribution in [2.75, 3.05) is 13.9 Å². The zero-order chi connectivity index (χ0) is 13.9. The fourth-order valence-corrected chi connectivity index (χ4v) is 2.05. The summed E-state index contributed by atoms with van der Waals surface area (Å²) in [6.07, 6.45) is 3.70. The lowest BCUT2D eigenvalue weighted by Gasteiger charge is -2.06.